The minimum atomic E-state index is -1.25. The van der Waals surface area contributed by atoms with Gasteiger partial charge in [-0.05, 0) is 31.3 Å². The Morgan fingerprint density at radius 3 is 3.06 bits per heavy atom. The quantitative estimate of drug-likeness (QED) is 0.603. The molecule has 6 heteroatoms. The van der Waals surface area contributed by atoms with Crippen molar-refractivity contribution in [1.82, 2.24) is 5.32 Å². The molecule has 1 aliphatic heterocycles. The first kappa shape index (κ1) is 11.5. The fourth-order valence-corrected chi connectivity index (χ4v) is 3.00. The molecule has 3 atom stereocenters. The van der Waals surface area contributed by atoms with Gasteiger partial charge in [0, 0.05) is 9.80 Å². The summed E-state index contributed by atoms with van der Waals surface area (Å²) in [5.41, 5.74) is -1.25. The number of thiophene rings is 1. The molecule has 1 aromatic heterocycles. The van der Waals surface area contributed by atoms with Crippen molar-refractivity contribution < 1.29 is 10.0 Å². The zero-order chi connectivity index (χ0) is 11.8. The molecule has 0 bridgehead atoms. The van der Waals surface area contributed by atoms with Crippen LogP contribution in [0.4, 0.5) is 0 Å². The lowest BCUT2D eigenvalue weighted by Gasteiger charge is -2.36. The highest BCUT2D eigenvalue weighted by atomic mass is 32.1. The van der Waals surface area contributed by atoms with Crippen LogP contribution in [0.25, 0.3) is 0 Å². The summed E-state index contributed by atoms with van der Waals surface area (Å²) in [5, 5.41) is 26.2. The fourth-order valence-electron chi connectivity index (χ4n) is 2.17. The van der Waals surface area contributed by atoms with Crippen LogP contribution in [0.15, 0.2) is 17.5 Å². The topological polar surface area (TPSA) is 75.4 Å². The predicted molar refractivity (Wildman–Crippen MR) is 61.1 cm³/mol. The van der Waals surface area contributed by atoms with E-state index in [-0.39, 0.29) is 4.92 Å². The van der Waals surface area contributed by atoms with E-state index < -0.39 is 17.7 Å². The normalized spacial score (nSPS) is 34.9. The van der Waals surface area contributed by atoms with E-state index in [9.17, 15) is 15.2 Å². The highest BCUT2D eigenvalue weighted by molar-refractivity contribution is 7.10. The summed E-state index contributed by atoms with van der Waals surface area (Å²) in [5.74, 6) is 0. The van der Waals surface area contributed by atoms with Gasteiger partial charge in [0.1, 0.15) is 11.6 Å². The molecule has 1 saturated heterocycles. The summed E-state index contributed by atoms with van der Waals surface area (Å²) in [6, 6.07) is 2.35. The molecule has 16 heavy (non-hydrogen) atoms. The Hall–Kier alpha value is -0.980. The van der Waals surface area contributed by atoms with Crippen LogP contribution in [0, 0.1) is 10.1 Å². The number of nitrogens with zero attached hydrogens (tertiary/aromatic N) is 1. The van der Waals surface area contributed by atoms with Gasteiger partial charge in [0.25, 0.3) is 6.04 Å². The largest absolute Gasteiger partial charge is 0.383 e. The van der Waals surface area contributed by atoms with Crippen LogP contribution in [0.2, 0.25) is 0 Å². The third-order valence-electron chi connectivity index (χ3n) is 3.03. The lowest BCUT2D eigenvalue weighted by molar-refractivity contribution is -0.553. The Morgan fingerprint density at radius 2 is 2.50 bits per heavy atom. The number of hydrogen-bond donors (Lipinski definition) is 2. The van der Waals surface area contributed by atoms with Crippen molar-refractivity contribution >= 4 is 11.3 Å². The van der Waals surface area contributed by atoms with Gasteiger partial charge in [0.05, 0.1) is 0 Å². The first-order valence-corrected chi connectivity index (χ1v) is 6.03. The molecule has 1 aromatic rings. The van der Waals surface area contributed by atoms with Crippen LogP contribution in [-0.2, 0) is 0 Å². The molecule has 0 amide bonds. The van der Waals surface area contributed by atoms with Gasteiger partial charge in [-0.25, -0.2) is 0 Å². The van der Waals surface area contributed by atoms with E-state index in [2.05, 4.69) is 5.32 Å². The molecule has 0 unspecified atom stereocenters. The Balaban J connectivity index is 2.33. The van der Waals surface area contributed by atoms with Crippen LogP contribution in [0.5, 0.6) is 0 Å². The van der Waals surface area contributed by atoms with Gasteiger partial charge in [-0.15, -0.1) is 11.3 Å². The fraction of sp³-hybridized carbons (Fsp3) is 0.600. The molecular weight excluding hydrogens is 228 g/mol. The molecule has 2 rings (SSSR count). The number of aliphatic hydroxyl groups is 1. The maximum Gasteiger partial charge on any atom is 0.260 e. The van der Waals surface area contributed by atoms with Gasteiger partial charge in [0.15, 0.2) is 0 Å². The van der Waals surface area contributed by atoms with E-state index in [1.54, 1.807) is 6.92 Å². The molecular formula is C10H14N2O3S. The summed E-state index contributed by atoms with van der Waals surface area (Å²) in [6.07, 6.45) is 0.403. The minimum absolute atomic E-state index is 0.378. The third-order valence-corrected chi connectivity index (χ3v) is 3.98. The molecule has 2 heterocycles. The van der Waals surface area contributed by atoms with Gasteiger partial charge >= 0.3 is 0 Å². The summed E-state index contributed by atoms with van der Waals surface area (Å²) >= 11 is 1.47. The van der Waals surface area contributed by atoms with Crippen molar-refractivity contribution in [1.29, 1.82) is 0 Å². The van der Waals surface area contributed by atoms with Gasteiger partial charge in [0.2, 0.25) is 0 Å². The van der Waals surface area contributed by atoms with Gasteiger partial charge in [-0.3, -0.25) is 10.1 Å². The predicted octanol–water partition coefficient (Wildman–Crippen LogP) is 1.18. The number of hydrogen-bond acceptors (Lipinski definition) is 5. The zero-order valence-corrected chi connectivity index (χ0v) is 9.74. The standard InChI is InChI=1S/C10H14N2O3S/c1-10(13)4-5-11-8(9(10)12(14)15)7-3-2-6-16-7/h2-3,6,8-9,11,13H,4-5H2,1H3/t8-,9-,10+/m0/s1. The second-order valence-electron chi connectivity index (χ2n) is 4.28. The summed E-state index contributed by atoms with van der Waals surface area (Å²) in [6.45, 7) is 2.14. The first-order valence-electron chi connectivity index (χ1n) is 5.15. The highest BCUT2D eigenvalue weighted by Gasteiger charge is 2.50. The molecule has 1 aliphatic rings. The Labute approximate surface area is 97.3 Å². The van der Waals surface area contributed by atoms with Crippen molar-refractivity contribution in [3.8, 4) is 0 Å². The monoisotopic (exact) mass is 242 g/mol. The average Bonchev–Trinajstić information content (AvgIpc) is 2.67. The van der Waals surface area contributed by atoms with Crippen LogP contribution in [0.3, 0.4) is 0 Å². The number of nitrogens with one attached hydrogen (secondary N) is 1. The van der Waals surface area contributed by atoms with E-state index in [0.29, 0.717) is 13.0 Å². The maximum atomic E-state index is 11.1. The first-order chi connectivity index (χ1) is 7.52. The SMILES string of the molecule is C[C@@]1(O)CCN[C@@H](c2cccs2)[C@@H]1[N+](=O)[O-]. The molecule has 0 saturated carbocycles. The van der Waals surface area contributed by atoms with E-state index in [4.69, 9.17) is 0 Å². The van der Waals surface area contributed by atoms with Crippen molar-refractivity contribution in [2.24, 2.45) is 0 Å². The number of piperidine rings is 1. The van der Waals surface area contributed by atoms with E-state index in [0.717, 1.165) is 4.88 Å². The van der Waals surface area contributed by atoms with Crippen LogP contribution >= 0.6 is 11.3 Å². The highest BCUT2D eigenvalue weighted by Crippen LogP contribution is 2.34. The zero-order valence-electron chi connectivity index (χ0n) is 8.92. The molecule has 0 spiro atoms. The average molecular weight is 242 g/mol. The van der Waals surface area contributed by atoms with E-state index in [1.807, 2.05) is 17.5 Å². The van der Waals surface area contributed by atoms with E-state index >= 15 is 0 Å². The summed E-state index contributed by atoms with van der Waals surface area (Å²) in [7, 11) is 0. The van der Waals surface area contributed by atoms with Gasteiger partial charge in [-0.1, -0.05) is 6.07 Å². The van der Waals surface area contributed by atoms with Crippen molar-refractivity contribution in [2.75, 3.05) is 6.54 Å². The molecule has 0 aromatic carbocycles. The van der Waals surface area contributed by atoms with E-state index in [1.165, 1.54) is 11.3 Å². The summed E-state index contributed by atoms with van der Waals surface area (Å²) in [4.78, 5) is 11.6. The molecule has 0 radical (unpaired) electrons. The van der Waals surface area contributed by atoms with Crippen molar-refractivity contribution in [2.45, 2.75) is 31.0 Å². The summed E-state index contributed by atoms with van der Waals surface area (Å²) < 4.78 is 0. The van der Waals surface area contributed by atoms with Crippen molar-refractivity contribution in [3.63, 3.8) is 0 Å². The molecule has 5 nitrogen and oxygen atoms in total. The van der Waals surface area contributed by atoms with Gasteiger partial charge in [-0.2, -0.15) is 0 Å². The Morgan fingerprint density at radius 1 is 1.75 bits per heavy atom. The molecule has 1 fully saturated rings. The smallest absolute Gasteiger partial charge is 0.260 e. The second kappa shape index (κ2) is 4.12. The number of nitro groups is 1. The maximum absolute atomic E-state index is 11.1. The minimum Gasteiger partial charge on any atom is -0.383 e. The number of rotatable bonds is 2. The molecule has 0 aliphatic carbocycles. The second-order valence-corrected chi connectivity index (χ2v) is 5.26. The Bertz CT molecular complexity index is 377. The third kappa shape index (κ3) is 1.95. The molecule has 88 valence electrons. The van der Waals surface area contributed by atoms with Crippen LogP contribution < -0.4 is 5.32 Å². The van der Waals surface area contributed by atoms with Crippen LogP contribution in [0.1, 0.15) is 24.3 Å². The van der Waals surface area contributed by atoms with Crippen LogP contribution in [-0.4, -0.2) is 28.2 Å². The van der Waals surface area contributed by atoms with Crippen molar-refractivity contribution in [3.05, 3.63) is 32.5 Å². The lowest BCUT2D eigenvalue weighted by Crippen LogP contribution is -2.57. The molecule has 2 N–H and O–H groups in total. The van der Waals surface area contributed by atoms with Gasteiger partial charge < -0.3 is 10.4 Å². The Kier molecular flexibility index (Phi) is 2.96. The lowest BCUT2D eigenvalue weighted by atomic mass is 9.84.